The van der Waals surface area contributed by atoms with Crippen molar-refractivity contribution in [3.8, 4) is 0 Å². The van der Waals surface area contributed by atoms with Crippen LogP contribution in [0.3, 0.4) is 0 Å². The monoisotopic (exact) mass is 334 g/mol. The molecule has 0 unspecified atom stereocenters. The van der Waals surface area contributed by atoms with Crippen LogP contribution in [0, 0.1) is 0 Å². The zero-order valence-electron chi connectivity index (χ0n) is 15.2. The van der Waals surface area contributed by atoms with Gasteiger partial charge in [0, 0.05) is 6.42 Å². The van der Waals surface area contributed by atoms with Crippen LogP contribution >= 0.6 is 0 Å². The van der Waals surface area contributed by atoms with Gasteiger partial charge < -0.3 is 9.80 Å². The SMILES string of the molecule is CC[C@@H](c1nnnn1C1CCCC1)[NH+]1CC[NH+](C2CCCC2)CC1. The first kappa shape index (κ1) is 16.5. The lowest BCUT2D eigenvalue weighted by Gasteiger charge is -2.36. The van der Waals surface area contributed by atoms with Gasteiger partial charge in [-0.15, -0.1) is 5.10 Å². The molecule has 0 bridgehead atoms. The first-order valence-corrected chi connectivity index (χ1v) is 10.3. The van der Waals surface area contributed by atoms with Crippen LogP contribution < -0.4 is 9.80 Å². The number of hydrogen-bond donors (Lipinski definition) is 2. The summed E-state index contributed by atoms with van der Waals surface area (Å²) < 4.78 is 2.18. The fourth-order valence-corrected chi connectivity index (χ4v) is 5.48. The van der Waals surface area contributed by atoms with Gasteiger partial charge in [0.15, 0.2) is 0 Å². The third kappa shape index (κ3) is 3.23. The van der Waals surface area contributed by atoms with E-state index in [4.69, 9.17) is 0 Å². The average Bonchev–Trinajstić information content (AvgIpc) is 3.37. The smallest absolute Gasteiger partial charge is 0.209 e. The van der Waals surface area contributed by atoms with Crippen molar-refractivity contribution in [1.29, 1.82) is 0 Å². The van der Waals surface area contributed by atoms with Crippen molar-refractivity contribution in [1.82, 2.24) is 20.2 Å². The summed E-state index contributed by atoms with van der Waals surface area (Å²) >= 11 is 0. The molecule has 3 aliphatic rings. The standard InChI is InChI=1S/C18H32N6/c1-2-17(18-19-20-21-24(18)16-9-5-6-10-16)23-13-11-22(12-14-23)15-7-3-4-8-15/h15-17H,2-14H2,1H3/p+2/t17-/m0/s1. The van der Waals surface area contributed by atoms with E-state index in [-0.39, 0.29) is 0 Å². The number of nitrogens with zero attached hydrogens (tertiary/aromatic N) is 4. The molecule has 24 heavy (non-hydrogen) atoms. The maximum absolute atomic E-state index is 4.48. The zero-order chi connectivity index (χ0) is 16.4. The summed E-state index contributed by atoms with van der Waals surface area (Å²) in [6, 6.07) is 1.98. The molecule has 0 aromatic carbocycles. The van der Waals surface area contributed by atoms with E-state index < -0.39 is 0 Å². The molecule has 1 aromatic heterocycles. The molecule has 1 aliphatic heterocycles. The fraction of sp³-hybridized carbons (Fsp3) is 0.944. The Bertz CT molecular complexity index is 509. The van der Waals surface area contributed by atoms with E-state index in [9.17, 15) is 0 Å². The second-order valence-corrected chi connectivity index (χ2v) is 8.18. The van der Waals surface area contributed by atoms with Crippen LogP contribution in [0.2, 0.25) is 0 Å². The summed E-state index contributed by atoms with van der Waals surface area (Å²) in [5.74, 6) is 1.16. The highest BCUT2D eigenvalue weighted by Crippen LogP contribution is 2.30. The summed E-state index contributed by atoms with van der Waals surface area (Å²) in [7, 11) is 0. The lowest BCUT2D eigenvalue weighted by Crippen LogP contribution is -3.29. The number of aromatic nitrogens is 4. The van der Waals surface area contributed by atoms with Crippen molar-refractivity contribution in [3.63, 3.8) is 0 Å². The Morgan fingerprint density at radius 1 is 1.00 bits per heavy atom. The van der Waals surface area contributed by atoms with Crippen LogP contribution in [0.5, 0.6) is 0 Å². The zero-order valence-corrected chi connectivity index (χ0v) is 15.2. The van der Waals surface area contributed by atoms with E-state index in [1.54, 1.807) is 4.90 Å². The highest BCUT2D eigenvalue weighted by atomic mass is 15.6. The number of hydrogen-bond acceptors (Lipinski definition) is 3. The molecule has 1 saturated heterocycles. The van der Waals surface area contributed by atoms with Gasteiger partial charge in [-0.25, -0.2) is 4.68 Å². The molecule has 6 nitrogen and oxygen atoms in total. The Morgan fingerprint density at radius 3 is 2.33 bits per heavy atom. The third-order valence-electron chi connectivity index (χ3n) is 6.87. The molecule has 2 N–H and O–H groups in total. The summed E-state index contributed by atoms with van der Waals surface area (Å²) in [5.41, 5.74) is 0. The van der Waals surface area contributed by atoms with Crippen molar-refractivity contribution in [2.45, 2.75) is 82.8 Å². The first-order valence-electron chi connectivity index (χ1n) is 10.3. The summed E-state index contributed by atoms with van der Waals surface area (Å²) in [6.07, 6.45) is 12.1. The number of rotatable bonds is 5. The number of tetrazole rings is 1. The molecule has 2 heterocycles. The third-order valence-corrected chi connectivity index (χ3v) is 6.87. The summed E-state index contributed by atoms with van der Waals surface area (Å²) in [4.78, 5) is 3.59. The topological polar surface area (TPSA) is 52.5 Å². The van der Waals surface area contributed by atoms with Crippen molar-refractivity contribution >= 4 is 0 Å². The maximum Gasteiger partial charge on any atom is 0.209 e. The average molecular weight is 335 g/mol. The molecule has 1 aromatic rings. The lowest BCUT2D eigenvalue weighted by atomic mass is 10.1. The minimum absolute atomic E-state index is 0.478. The van der Waals surface area contributed by atoms with Gasteiger partial charge in [0.1, 0.15) is 32.2 Å². The van der Waals surface area contributed by atoms with Gasteiger partial charge in [-0.05, 0) is 49.0 Å². The van der Waals surface area contributed by atoms with Gasteiger partial charge in [-0.3, -0.25) is 0 Å². The number of quaternary nitrogens is 2. The Hall–Kier alpha value is -1.01. The second kappa shape index (κ2) is 7.48. The molecule has 2 saturated carbocycles. The molecule has 0 amide bonds. The molecule has 2 aliphatic carbocycles. The van der Waals surface area contributed by atoms with Gasteiger partial charge in [0.2, 0.25) is 5.82 Å². The Morgan fingerprint density at radius 2 is 1.67 bits per heavy atom. The minimum Gasteiger partial charge on any atom is -0.323 e. The molecule has 4 rings (SSSR count). The van der Waals surface area contributed by atoms with E-state index in [1.165, 1.54) is 77.5 Å². The van der Waals surface area contributed by atoms with E-state index in [0.29, 0.717) is 12.1 Å². The van der Waals surface area contributed by atoms with Crippen LogP contribution in [0.1, 0.15) is 82.6 Å². The largest absolute Gasteiger partial charge is 0.323 e. The first-order chi connectivity index (χ1) is 11.9. The Kier molecular flexibility index (Phi) is 5.13. The normalized spacial score (nSPS) is 30.9. The molecule has 0 radical (unpaired) electrons. The number of piperazine rings is 1. The van der Waals surface area contributed by atoms with Crippen LogP contribution in [0.4, 0.5) is 0 Å². The highest BCUT2D eigenvalue weighted by Gasteiger charge is 2.37. The van der Waals surface area contributed by atoms with Crippen molar-refractivity contribution in [2.75, 3.05) is 26.2 Å². The molecule has 1 atom stereocenters. The Balaban J connectivity index is 1.42. The van der Waals surface area contributed by atoms with Gasteiger partial charge in [0.05, 0.1) is 12.1 Å². The van der Waals surface area contributed by atoms with Crippen molar-refractivity contribution < 1.29 is 9.80 Å². The van der Waals surface area contributed by atoms with E-state index in [0.717, 1.165) is 18.3 Å². The van der Waals surface area contributed by atoms with E-state index in [2.05, 4.69) is 27.1 Å². The van der Waals surface area contributed by atoms with Gasteiger partial charge in [0.25, 0.3) is 0 Å². The minimum atomic E-state index is 0.478. The number of nitrogens with one attached hydrogen (secondary N) is 2. The van der Waals surface area contributed by atoms with Crippen LogP contribution in [-0.4, -0.2) is 52.4 Å². The molecule has 134 valence electrons. The van der Waals surface area contributed by atoms with E-state index >= 15 is 0 Å². The van der Waals surface area contributed by atoms with Gasteiger partial charge in [-0.1, -0.05) is 19.8 Å². The van der Waals surface area contributed by atoms with Crippen LogP contribution in [0.25, 0.3) is 0 Å². The maximum atomic E-state index is 4.48. The second-order valence-electron chi connectivity index (χ2n) is 8.18. The lowest BCUT2D eigenvalue weighted by molar-refractivity contribution is -1.04. The van der Waals surface area contributed by atoms with Crippen molar-refractivity contribution in [2.24, 2.45) is 0 Å². The predicted molar refractivity (Wildman–Crippen MR) is 92.0 cm³/mol. The predicted octanol–water partition coefficient (Wildman–Crippen LogP) is -0.0347. The molecule has 3 fully saturated rings. The quantitative estimate of drug-likeness (QED) is 0.795. The Labute approximate surface area is 145 Å². The van der Waals surface area contributed by atoms with Gasteiger partial charge >= 0.3 is 0 Å². The highest BCUT2D eigenvalue weighted by molar-refractivity contribution is 4.91. The van der Waals surface area contributed by atoms with Crippen LogP contribution in [0.15, 0.2) is 0 Å². The molecule has 6 heteroatoms. The fourth-order valence-electron chi connectivity index (χ4n) is 5.48. The van der Waals surface area contributed by atoms with E-state index in [1.807, 2.05) is 4.90 Å². The molecular formula is C18H34N6+2. The van der Waals surface area contributed by atoms with Crippen LogP contribution in [-0.2, 0) is 0 Å². The molecule has 0 spiro atoms. The molecular weight excluding hydrogens is 300 g/mol. The summed E-state index contributed by atoms with van der Waals surface area (Å²) in [5, 5.41) is 12.9. The van der Waals surface area contributed by atoms with Gasteiger partial charge in [-0.2, -0.15) is 0 Å². The summed E-state index contributed by atoms with van der Waals surface area (Å²) in [6.45, 7) is 7.54. The van der Waals surface area contributed by atoms with Crippen molar-refractivity contribution in [3.05, 3.63) is 5.82 Å².